The molecule has 0 aliphatic rings. The van der Waals surface area contributed by atoms with Crippen molar-refractivity contribution in [1.29, 1.82) is 0 Å². The standard InChI is InChI=1S/C18H22BrNO/c1-12-6-5-7-13(2)18(12)16(20-3)11-14-8-9-17(21-4)15(19)10-14/h5-10,16,20H,11H2,1-4H3. The van der Waals surface area contributed by atoms with E-state index in [9.17, 15) is 0 Å². The second kappa shape index (κ2) is 7.10. The van der Waals surface area contributed by atoms with Crippen LogP contribution in [-0.2, 0) is 6.42 Å². The Kier molecular flexibility index (Phi) is 5.43. The summed E-state index contributed by atoms with van der Waals surface area (Å²) in [5, 5.41) is 3.45. The van der Waals surface area contributed by atoms with Crippen LogP contribution in [0.3, 0.4) is 0 Å². The SMILES string of the molecule is CNC(Cc1ccc(OC)c(Br)c1)c1c(C)cccc1C. The monoisotopic (exact) mass is 347 g/mol. The smallest absolute Gasteiger partial charge is 0.133 e. The lowest BCUT2D eigenvalue weighted by molar-refractivity contribution is 0.412. The molecular formula is C18H22BrNO. The molecule has 2 nitrogen and oxygen atoms in total. The van der Waals surface area contributed by atoms with Crippen molar-refractivity contribution in [2.75, 3.05) is 14.2 Å². The molecule has 0 aromatic heterocycles. The van der Waals surface area contributed by atoms with Crippen LogP contribution in [0.15, 0.2) is 40.9 Å². The van der Waals surface area contributed by atoms with E-state index in [0.717, 1.165) is 16.6 Å². The van der Waals surface area contributed by atoms with E-state index in [1.54, 1.807) is 7.11 Å². The van der Waals surface area contributed by atoms with Gasteiger partial charge in [-0.1, -0.05) is 24.3 Å². The number of likely N-dealkylation sites (N-methyl/N-ethyl adjacent to an activating group) is 1. The maximum Gasteiger partial charge on any atom is 0.133 e. The molecule has 0 amide bonds. The Bertz CT molecular complexity index is 604. The van der Waals surface area contributed by atoms with Crippen LogP contribution in [0.2, 0.25) is 0 Å². The molecule has 2 aromatic carbocycles. The van der Waals surface area contributed by atoms with E-state index in [2.05, 4.69) is 65.4 Å². The lowest BCUT2D eigenvalue weighted by Crippen LogP contribution is -2.21. The average Bonchev–Trinajstić information content (AvgIpc) is 2.46. The molecule has 0 radical (unpaired) electrons. The Morgan fingerprint density at radius 1 is 1.14 bits per heavy atom. The molecule has 0 saturated carbocycles. The number of methoxy groups -OCH3 is 1. The summed E-state index contributed by atoms with van der Waals surface area (Å²) in [6.07, 6.45) is 0.949. The van der Waals surface area contributed by atoms with Crippen molar-refractivity contribution in [2.24, 2.45) is 0 Å². The van der Waals surface area contributed by atoms with Gasteiger partial charge in [0.2, 0.25) is 0 Å². The number of nitrogens with one attached hydrogen (secondary N) is 1. The second-order valence-corrected chi connectivity index (χ2v) is 6.17. The largest absolute Gasteiger partial charge is 0.496 e. The molecular weight excluding hydrogens is 326 g/mol. The van der Waals surface area contributed by atoms with Crippen molar-refractivity contribution >= 4 is 15.9 Å². The Morgan fingerprint density at radius 3 is 2.33 bits per heavy atom. The Hall–Kier alpha value is -1.32. The number of hydrogen-bond acceptors (Lipinski definition) is 2. The quantitative estimate of drug-likeness (QED) is 0.854. The van der Waals surface area contributed by atoms with Crippen molar-refractivity contribution < 1.29 is 4.74 Å². The predicted octanol–water partition coefficient (Wildman–Crippen LogP) is 4.58. The van der Waals surface area contributed by atoms with E-state index in [1.807, 2.05) is 13.1 Å². The molecule has 1 atom stereocenters. The summed E-state index contributed by atoms with van der Waals surface area (Å²) < 4.78 is 6.29. The molecule has 0 bridgehead atoms. The fourth-order valence-corrected chi connectivity index (χ4v) is 3.39. The molecule has 1 N–H and O–H groups in total. The minimum atomic E-state index is 0.312. The van der Waals surface area contributed by atoms with Gasteiger partial charge in [0.05, 0.1) is 11.6 Å². The van der Waals surface area contributed by atoms with E-state index in [0.29, 0.717) is 6.04 Å². The number of aryl methyl sites for hydroxylation is 2. The molecule has 112 valence electrons. The Labute approximate surface area is 135 Å². The van der Waals surface area contributed by atoms with E-state index in [1.165, 1.54) is 22.3 Å². The van der Waals surface area contributed by atoms with Gasteiger partial charge in [-0.2, -0.15) is 0 Å². The van der Waals surface area contributed by atoms with Crippen molar-refractivity contribution in [3.63, 3.8) is 0 Å². The fraction of sp³-hybridized carbons (Fsp3) is 0.333. The van der Waals surface area contributed by atoms with Gasteiger partial charge >= 0.3 is 0 Å². The molecule has 0 aliphatic heterocycles. The zero-order valence-electron chi connectivity index (χ0n) is 13.0. The third-order valence-electron chi connectivity index (χ3n) is 3.90. The summed E-state index contributed by atoms with van der Waals surface area (Å²) in [6, 6.07) is 13.1. The van der Waals surface area contributed by atoms with Gasteiger partial charge in [-0.25, -0.2) is 0 Å². The van der Waals surface area contributed by atoms with E-state index < -0.39 is 0 Å². The first kappa shape index (κ1) is 16.1. The maximum atomic E-state index is 5.29. The van der Waals surface area contributed by atoms with Crippen LogP contribution < -0.4 is 10.1 Å². The summed E-state index contributed by atoms with van der Waals surface area (Å²) in [5.74, 6) is 0.867. The van der Waals surface area contributed by atoms with Crippen molar-refractivity contribution in [3.8, 4) is 5.75 Å². The summed E-state index contributed by atoms with van der Waals surface area (Å²) in [5.41, 5.74) is 5.35. The van der Waals surface area contributed by atoms with Crippen LogP contribution >= 0.6 is 15.9 Å². The van der Waals surface area contributed by atoms with Crippen LogP contribution in [0.1, 0.15) is 28.3 Å². The van der Waals surface area contributed by atoms with Gasteiger partial charge in [0.25, 0.3) is 0 Å². The highest BCUT2D eigenvalue weighted by molar-refractivity contribution is 9.10. The van der Waals surface area contributed by atoms with Crippen LogP contribution in [0.5, 0.6) is 5.75 Å². The molecule has 0 saturated heterocycles. The Morgan fingerprint density at radius 2 is 1.81 bits per heavy atom. The van der Waals surface area contributed by atoms with Gasteiger partial charge in [0, 0.05) is 6.04 Å². The molecule has 0 heterocycles. The van der Waals surface area contributed by atoms with Crippen molar-refractivity contribution in [3.05, 3.63) is 63.1 Å². The predicted molar refractivity (Wildman–Crippen MR) is 92.1 cm³/mol. The molecule has 21 heavy (non-hydrogen) atoms. The summed E-state index contributed by atoms with van der Waals surface area (Å²) in [4.78, 5) is 0. The van der Waals surface area contributed by atoms with Gasteiger partial charge < -0.3 is 10.1 Å². The maximum absolute atomic E-state index is 5.29. The van der Waals surface area contributed by atoms with Gasteiger partial charge in [0.1, 0.15) is 5.75 Å². The number of halogens is 1. The zero-order valence-corrected chi connectivity index (χ0v) is 14.6. The molecule has 2 aromatic rings. The van der Waals surface area contributed by atoms with Gasteiger partial charge in [-0.15, -0.1) is 0 Å². The van der Waals surface area contributed by atoms with Gasteiger partial charge in [-0.05, 0) is 77.6 Å². The van der Waals surface area contributed by atoms with E-state index in [-0.39, 0.29) is 0 Å². The third kappa shape index (κ3) is 3.66. The van der Waals surface area contributed by atoms with Crippen LogP contribution in [0.4, 0.5) is 0 Å². The summed E-state index contributed by atoms with van der Waals surface area (Å²) >= 11 is 3.56. The Balaban J connectivity index is 2.29. The first-order chi connectivity index (χ1) is 10.1. The van der Waals surface area contributed by atoms with Gasteiger partial charge in [0.15, 0.2) is 0 Å². The van der Waals surface area contributed by atoms with Crippen LogP contribution in [-0.4, -0.2) is 14.2 Å². The molecule has 1 unspecified atom stereocenters. The van der Waals surface area contributed by atoms with Crippen molar-refractivity contribution in [2.45, 2.75) is 26.3 Å². The third-order valence-corrected chi connectivity index (χ3v) is 4.51. The highest BCUT2D eigenvalue weighted by Gasteiger charge is 2.15. The minimum Gasteiger partial charge on any atom is -0.496 e. The van der Waals surface area contributed by atoms with Crippen LogP contribution in [0.25, 0.3) is 0 Å². The first-order valence-corrected chi connectivity index (χ1v) is 7.92. The second-order valence-electron chi connectivity index (χ2n) is 5.32. The molecule has 0 spiro atoms. The molecule has 0 aliphatic carbocycles. The lowest BCUT2D eigenvalue weighted by atomic mass is 9.92. The highest BCUT2D eigenvalue weighted by atomic mass is 79.9. The average molecular weight is 348 g/mol. The summed E-state index contributed by atoms with van der Waals surface area (Å²) in [6.45, 7) is 4.35. The topological polar surface area (TPSA) is 21.3 Å². The zero-order chi connectivity index (χ0) is 15.4. The van der Waals surface area contributed by atoms with Crippen molar-refractivity contribution in [1.82, 2.24) is 5.32 Å². The highest BCUT2D eigenvalue weighted by Crippen LogP contribution is 2.29. The number of rotatable bonds is 5. The molecule has 0 fully saturated rings. The number of hydrogen-bond donors (Lipinski definition) is 1. The summed E-state index contributed by atoms with van der Waals surface area (Å²) in [7, 11) is 3.71. The first-order valence-electron chi connectivity index (χ1n) is 7.12. The number of ether oxygens (including phenoxy) is 1. The van der Waals surface area contributed by atoms with E-state index >= 15 is 0 Å². The lowest BCUT2D eigenvalue weighted by Gasteiger charge is -2.21. The van der Waals surface area contributed by atoms with Gasteiger partial charge in [-0.3, -0.25) is 0 Å². The molecule has 2 rings (SSSR count). The molecule has 3 heteroatoms. The number of benzene rings is 2. The van der Waals surface area contributed by atoms with Crippen LogP contribution in [0, 0.1) is 13.8 Å². The van der Waals surface area contributed by atoms with E-state index in [4.69, 9.17) is 4.74 Å². The minimum absolute atomic E-state index is 0.312. The normalized spacial score (nSPS) is 12.2. The fourth-order valence-electron chi connectivity index (χ4n) is 2.80.